The zero-order valence-corrected chi connectivity index (χ0v) is 12.1. The number of benzene rings is 1. The molecule has 18 heavy (non-hydrogen) atoms. The highest BCUT2D eigenvalue weighted by Crippen LogP contribution is 2.22. The summed E-state index contributed by atoms with van der Waals surface area (Å²) in [6.07, 6.45) is 0. The maximum absolute atomic E-state index is 6.10. The molecule has 6 heteroatoms. The second-order valence-electron chi connectivity index (χ2n) is 3.77. The number of nitrogens with one attached hydrogen (secondary N) is 1. The van der Waals surface area contributed by atoms with Crippen molar-refractivity contribution in [2.45, 2.75) is 13.5 Å². The van der Waals surface area contributed by atoms with E-state index < -0.39 is 0 Å². The lowest BCUT2D eigenvalue weighted by Crippen LogP contribution is -2.10. The molecule has 0 aliphatic heterocycles. The highest BCUT2D eigenvalue weighted by molar-refractivity contribution is 7.80. The smallest absolute Gasteiger partial charge is 0.105 e. The molecule has 0 saturated carbocycles. The summed E-state index contributed by atoms with van der Waals surface area (Å²) in [7, 11) is 0. The summed E-state index contributed by atoms with van der Waals surface area (Å²) in [6, 6.07) is 5.57. The third-order valence-electron chi connectivity index (χ3n) is 2.53. The lowest BCUT2D eigenvalue weighted by Gasteiger charge is -2.08. The number of nitrogens with zero attached hydrogens (tertiary/aromatic N) is 1. The topological polar surface area (TPSA) is 50.9 Å². The Morgan fingerprint density at radius 3 is 2.89 bits per heavy atom. The Balaban J connectivity index is 2.09. The fourth-order valence-electron chi connectivity index (χ4n) is 1.50. The first-order valence-electron chi connectivity index (χ1n) is 5.30. The Bertz CT molecular complexity index is 580. The minimum atomic E-state index is 0.310. The van der Waals surface area contributed by atoms with Crippen LogP contribution in [0.5, 0.6) is 0 Å². The van der Waals surface area contributed by atoms with E-state index in [0.717, 1.165) is 17.9 Å². The zero-order valence-electron chi connectivity index (χ0n) is 9.74. The molecule has 1 aromatic carbocycles. The van der Waals surface area contributed by atoms with Gasteiger partial charge in [-0.25, -0.2) is 4.98 Å². The van der Waals surface area contributed by atoms with E-state index >= 15 is 0 Å². The molecule has 0 radical (unpaired) electrons. The summed E-state index contributed by atoms with van der Waals surface area (Å²) in [5.74, 6) is 0. The summed E-state index contributed by atoms with van der Waals surface area (Å²) in [4.78, 5) is 5.73. The summed E-state index contributed by atoms with van der Waals surface area (Å²) in [5.41, 5.74) is 10.1. The van der Waals surface area contributed by atoms with Crippen molar-refractivity contribution in [3.05, 3.63) is 44.9 Å². The predicted molar refractivity (Wildman–Crippen MR) is 81.5 cm³/mol. The minimum Gasteiger partial charge on any atom is -0.389 e. The van der Waals surface area contributed by atoms with Gasteiger partial charge in [-0.1, -0.05) is 23.8 Å². The number of anilines is 1. The SMILES string of the molecule is Cc1ncsc1CNc1ccc(C(N)=S)c(Cl)c1. The number of thiazole rings is 1. The van der Waals surface area contributed by atoms with E-state index in [1.165, 1.54) is 4.88 Å². The normalized spacial score (nSPS) is 10.3. The van der Waals surface area contributed by atoms with Gasteiger partial charge in [-0.15, -0.1) is 11.3 Å². The van der Waals surface area contributed by atoms with Crippen LogP contribution in [0.2, 0.25) is 5.02 Å². The van der Waals surface area contributed by atoms with Gasteiger partial charge in [-0.3, -0.25) is 0 Å². The lowest BCUT2D eigenvalue weighted by atomic mass is 10.2. The molecule has 0 saturated heterocycles. The quantitative estimate of drug-likeness (QED) is 0.850. The Hall–Kier alpha value is -1.17. The van der Waals surface area contributed by atoms with Crippen molar-refractivity contribution in [1.82, 2.24) is 4.98 Å². The van der Waals surface area contributed by atoms with Crippen LogP contribution in [0.15, 0.2) is 23.7 Å². The average Bonchev–Trinajstić information content (AvgIpc) is 2.72. The third kappa shape index (κ3) is 2.98. The highest BCUT2D eigenvalue weighted by Gasteiger charge is 2.05. The Morgan fingerprint density at radius 2 is 2.33 bits per heavy atom. The van der Waals surface area contributed by atoms with Gasteiger partial charge >= 0.3 is 0 Å². The molecule has 3 nitrogen and oxygen atoms in total. The maximum Gasteiger partial charge on any atom is 0.105 e. The van der Waals surface area contributed by atoms with E-state index in [1.54, 1.807) is 11.3 Å². The van der Waals surface area contributed by atoms with E-state index in [0.29, 0.717) is 15.6 Å². The van der Waals surface area contributed by atoms with Gasteiger partial charge in [0.1, 0.15) is 4.99 Å². The molecule has 1 heterocycles. The molecule has 0 fully saturated rings. The van der Waals surface area contributed by atoms with Crippen LogP contribution in [0, 0.1) is 6.92 Å². The van der Waals surface area contributed by atoms with Gasteiger partial charge in [0.05, 0.1) is 22.8 Å². The van der Waals surface area contributed by atoms with Crippen molar-refractivity contribution in [1.29, 1.82) is 0 Å². The third-order valence-corrected chi connectivity index (χ3v) is 4.00. The molecule has 2 aromatic rings. The van der Waals surface area contributed by atoms with Crippen molar-refractivity contribution in [2.75, 3.05) is 5.32 Å². The molecule has 2 rings (SSSR count). The van der Waals surface area contributed by atoms with Crippen LogP contribution in [0.1, 0.15) is 16.1 Å². The van der Waals surface area contributed by atoms with Crippen LogP contribution in [-0.2, 0) is 6.54 Å². The number of hydrogen-bond acceptors (Lipinski definition) is 4. The molecule has 3 N–H and O–H groups in total. The van der Waals surface area contributed by atoms with Crippen molar-refractivity contribution < 1.29 is 0 Å². The summed E-state index contributed by atoms with van der Waals surface area (Å²) in [5, 5.41) is 3.86. The Morgan fingerprint density at radius 1 is 1.56 bits per heavy atom. The van der Waals surface area contributed by atoms with Crippen LogP contribution in [0.4, 0.5) is 5.69 Å². The van der Waals surface area contributed by atoms with Crippen LogP contribution in [0.25, 0.3) is 0 Å². The summed E-state index contributed by atoms with van der Waals surface area (Å²) in [6.45, 7) is 2.73. The van der Waals surface area contributed by atoms with Gasteiger partial charge in [0.2, 0.25) is 0 Å². The van der Waals surface area contributed by atoms with Crippen LogP contribution < -0.4 is 11.1 Å². The molecule has 0 atom stereocenters. The zero-order chi connectivity index (χ0) is 13.1. The average molecular weight is 298 g/mol. The first-order valence-corrected chi connectivity index (χ1v) is 6.96. The van der Waals surface area contributed by atoms with E-state index in [-0.39, 0.29) is 0 Å². The fourth-order valence-corrected chi connectivity index (χ4v) is 2.74. The number of aryl methyl sites for hydroxylation is 1. The second-order valence-corrected chi connectivity index (χ2v) is 5.56. The number of thiocarbonyl (C=S) groups is 1. The molecular weight excluding hydrogens is 286 g/mol. The number of rotatable bonds is 4. The number of aromatic nitrogens is 1. The van der Waals surface area contributed by atoms with E-state index in [4.69, 9.17) is 29.6 Å². The van der Waals surface area contributed by atoms with Gasteiger partial charge in [-0.05, 0) is 25.1 Å². The molecular formula is C12H12ClN3S2. The Labute approximate surface area is 120 Å². The highest BCUT2D eigenvalue weighted by atomic mass is 35.5. The molecule has 0 spiro atoms. The molecule has 0 aliphatic carbocycles. The van der Waals surface area contributed by atoms with E-state index in [9.17, 15) is 0 Å². The van der Waals surface area contributed by atoms with Crippen molar-refractivity contribution in [2.24, 2.45) is 5.73 Å². The Kier molecular flexibility index (Phi) is 4.16. The van der Waals surface area contributed by atoms with Gasteiger partial charge in [0, 0.05) is 16.1 Å². The molecule has 0 amide bonds. The number of hydrogen-bond donors (Lipinski definition) is 2. The standard InChI is InChI=1S/C12H12ClN3S2/c1-7-11(18-6-16-7)5-15-8-2-3-9(12(14)17)10(13)4-8/h2-4,6,15H,5H2,1H3,(H2,14,17). The summed E-state index contributed by atoms with van der Waals surface area (Å²) >= 11 is 12.6. The molecule has 0 aliphatic rings. The van der Waals surface area contributed by atoms with Gasteiger partial charge in [0.15, 0.2) is 0 Å². The van der Waals surface area contributed by atoms with Crippen molar-refractivity contribution in [3.8, 4) is 0 Å². The van der Waals surface area contributed by atoms with Crippen LogP contribution >= 0.6 is 35.2 Å². The number of halogens is 1. The van der Waals surface area contributed by atoms with Crippen LogP contribution in [-0.4, -0.2) is 9.97 Å². The molecule has 1 aromatic heterocycles. The second kappa shape index (κ2) is 5.65. The molecule has 0 unspecified atom stereocenters. The number of nitrogens with two attached hydrogens (primary N) is 1. The molecule has 0 bridgehead atoms. The summed E-state index contributed by atoms with van der Waals surface area (Å²) < 4.78 is 0. The minimum absolute atomic E-state index is 0.310. The fraction of sp³-hybridized carbons (Fsp3) is 0.167. The lowest BCUT2D eigenvalue weighted by molar-refractivity contribution is 1.12. The largest absolute Gasteiger partial charge is 0.389 e. The van der Waals surface area contributed by atoms with E-state index in [2.05, 4.69) is 10.3 Å². The monoisotopic (exact) mass is 297 g/mol. The van der Waals surface area contributed by atoms with Crippen molar-refractivity contribution >= 4 is 45.8 Å². The first kappa shape index (κ1) is 13.3. The van der Waals surface area contributed by atoms with Gasteiger partial charge < -0.3 is 11.1 Å². The van der Waals surface area contributed by atoms with Crippen molar-refractivity contribution in [3.63, 3.8) is 0 Å². The molecule has 94 valence electrons. The first-order chi connectivity index (χ1) is 8.58. The van der Waals surface area contributed by atoms with Crippen LogP contribution in [0.3, 0.4) is 0 Å². The predicted octanol–water partition coefficient (Wildman–Crippen LogP) is 3.35. The van der Waals surface area contributed by atoms with Gasteiger partial charge in [-0.2, -0.15) is 0 Å². The maximum atomic E-state index is 6.10. The van der Waals surface area contributed by atoms with E-state index in [1.807, 2.05) is 30.6 Å². The van der Waals surface area contributed by atoms with Gasteiger partial charge in [0.25, 0.3) is 0 Å².